The van der Waals surface area contributed by atoms with Crippen LogP contribution >= 0.6 is 0 Å². The summed E-state index contributed by atoms with van der Waals surface area (Å²) in [5.41, 5.74) is 1.82. The second kappa shape index (κ2) is 5.62. The molecule has 112 valence electrons. The molecule has 2 rings (SSSR count). The minimum Gasteiger partial charge on any atom is -0.508 e. The van der Waals surface area contributed by atoms with E-state index in [-0.39, 0.29) is 17.7 Å². The summed E-state index contributed by atoms with van der Waals surface area (Å²) in [6, 6.07) is 6.08. The highest BCUT2D eigenvalue weighted by molar-refractivity contribution is 5.54. The Morgan fingerprint density at radius 1 is 1.45 bits per heavy atom. The molecule has 2 atom stereocenters. The Labute approximate surface area is 121 Å². The summed E-state index contributed by atoms with van der Waals surface area (Å²) in [5, 5.41) is 13.4. The molecule has 0 radical (unpaired) electrons. The third-order valence-electron chi connectivity index (χ3n) is 3.85. The molecular formula is C16H26N2O2. The van der Waals surface area contributed by atoms with E-state index in [1.165, 1.54) is 0 Å². The summed E-state index contributed by atoms with van der Waals surface area (Å²) in [6.07, 6.45) is 0.191. The van der Waals surface area contributed by atoms with Crippen molar-refractivity contribution >= 4 is 5.69 Å². The van der Waals surface area contributed by atoms with Gasteiger partial charge in [-0.3, -0.25) is 0 Å². The molecule has 1 aliphatic heterocycles. The largest absolute Gasteiger partial charge is 0.508 e. The highest BCUT2D eigenvalue weighted by Crippen LogP contribution is 2.32. The first-order valence-electron chi connectivity index (χ1n) is 7.25. The van der Waals surface area contributed by atoms with Gasteiger partial charge in [-0.05, 0) is 40.8 Å². The lowest BCUT2D eigenvalue weighted by atomic mass is 10.0. The van der Waals surface area contributed by atoms with Gasteiger partial charge in [-0.1, -0.05) is 6.07 Å². The Morgan fingerprint density at radius 3 is 2.70 bits per heavy atom. The number of hydrogen-bond acceptors (Lipinski definition) is 4. The highest BCUT2D eigenvalue weighted by Gasteiger charge is 2.31. The van der Waals surface area contributed by atoms with Gasteiger partial charge in [0.25, 0.3) is 0 Å². The summed E-state index contributed by atoms with van der Waals surface area (Å²) >= 11 is 0. The van der Waals surface area contributed by atoms with Crippen molar-refractivity contribution in [3.63, 3.8) is 0 Å². The average Bonchev–Trinajstić information content (AvgIpc) is 2.35. The van der Waals surface area contributed by atoms with Crippen molar-refractivity contribution < 1.29 is 9.84 Å². The summed E-state index contributed by atoms with van der Waals surface area (Å²) < 4.78 is 5.92. The number of nitrogens with zero attached hydrogens (tertiary/aromatic N) is 1. The number of morpholine rings is 1. The lowest BCUT2D eigenvalue weighted by Crippen LogP contribution is -2.52. The molecule has 2 unspecified atom stereocenters. The summed E-state index contributed by atoms with van der Waals surface area (Å²) in [5.74, 6) is 0.348. The molecule has 1 aliphatic rings. The number of hydrogen-bond donors (Lipinski definition) is 2. The lowest BCUT2D eigenvalue weighted by molar-refractivity contribution is -0.0749. The monoisotopic (exact) mass is 278 g/mol. The van der Waals surface area contributed by atoms with E-state index in [4.69, 9.17) is 4.74 Å². The van der Waals surface area contributed by atoms with Crippen LogP contribution < -0.4 is 10.2 Å². The minimum absolute atomic E-state index is 0.143. The number of nitrogens with one attached hydrogen (secondary N) is 1. The molecule has 1 saturated heterocycles. The lowest BCUT2D eigenvalue weighted by Gasteiger charge is -2.43. The first-order chi connectivity index (χ1) is 9.32. The van der Waals surface area contributed by atoms with Gasteiger partial charge in [0, 0.05) is 36.4 Å². The second-order valence-electron chi connectivity index (χ2n) is 6.32. The SMILES string of the molecule is CNC(C)c1ccc(N2CC(C)OC(C)(C)C2)cc1O. The fraction of sp³-hybridized carbons (Fsp3) is 0.625. The van der Waals surface area contributed by atoms with Crippen LogP contribution in [0.5, 0.6) is 5.75 Å². The number of anilines is 1. The molecule has 1 aromatic carbocycles. The summed E-state index contributed by atoms with van der Waals surface area (Å²) in [6.45, 7) is 10.0. The second-order valence-corrected chi connectivity index (χ2v) is 6.32. The molecule has 0 bridgehead atoms. The maximum Gasteiger partial charge on any atom is 0.122 e. The first-order valence-corrected chi connectivity index (χ1v) is 7.25. The zero-order chi connectivity index (χ0) is 14.9. The van der Waals surface area contributed by atoms with Crippen LogP contribution in [0.2, 0.25) is 0 Å². The number of rotatable bonds is 3. The maximum absolute atomic E-state index is 10.2. The van der Waals surface area contributed by atoms with Gasteiger partial charge in [0.1, 0.15) is 5.75 Å². The van der Waals surface area contributed by atoms with Gasteiger partial charge >= 0.3 is 0 Å². The van der Waals surface area contributed by atoms with E-state index in [2.05, 4.69) is 37.1 Å². The first kappa shape index (κ1) is 15.1. The van der Waals surface area contributed by atoms with Crippen LogP contribution in [0.15, 0.2) is 18.2 Å². The van der Waals surface area contributed by atoms with Gasteiger partial charge in [-0.2, -0.15) is 0 Å². The smallest absolute Gasteiger partial charge is 0.122 e. The van der Waals surface area contributed by atoms with Crippen LogP contribution in [0, 0.1) is 0 Å². The molecule has 4 heteroatoms. The van der Waals surface area contributed by atoms with Gasteiger partial charge in [0.2, 0.25) is 0 Å². The average molecular weight is 278 g/mol. The molecule has 0 amide bonds. The molecule has 4 nitrogen and oxygen atoms in total. The van der Waals surface area contributed by atoms with E-state index in [1.807, 2.05) is 26.1 Å². The van der Waals surface area contributed by atoms with Gasteiger partial charge < -0.3 is 20.1 Å². The molecule has 1 heterocycles. The normalized spacial score (nSPS) is 23.6. The molecule has 2 N–H and O–H groups in total. The van der Waals surface area contributed by atoms with Crippen molar-refractivity contribution in [1.82, 2.24) is 5.32 Å². The standard InChI is InChI=1S/C16H26N2O2/c1-11-9-18(10-16(3,4)20-11)13-6-7-14(12(2)17-5)15(19)8-13/h6-8,11-12,17,19H,9-10H2,1-5H3. The van der Waals surface area contributed by atoms with Crippen LogP contribution in [0.25, 0.3) is 0 Å². The number of phenols is 1. The van der Waals surface area contributed by atoms with E-state index in [0.29, 0.717) is 5.75 Å². The van der Waals surface area contributed by atoms with Gasteiger partial charge in [-0.25, -0.2) is 0 Å². The Balaban J connectivity index is 2.23. The molecular weight excluding hydrogens is 252 g/mol. The van der Waals surface area contributed by atoms with Crippen LogP contribution in [-0.4, -0.2) is 36.9 Å². The van der Waals surface area contributed by atoms with Crippen molar-refractivity contribution in [2.24, 2.45) is 0 Å². The minimum atomic E-state index is -0.162. The van der Waals surface area contributed by atoms with Crippen LogP contribution in [-0.2, 0) is 4.74 Å². The van der Waals surface area contributed by atoms with Crippen molar-refractivity contribution in [1.29, 1.82) is 0 Å². The summed E-state index contributed by atoms with van der Waals surface area (Å²) in [4.78, 5) is 2.28. The molecule has 1 fully saturated rings. The third-order valence-corrected chi connectivity index (χ3v) is 3.85. The zero-order valence-electron chi connectivity index (χ0n) is 13.1. The molecule has 0 aromatic heterocycles. The fourth-order valence-electron chi connectivity index (χ4n) is 2.90. The molecule has 0 saturated carbocycles. The number of benzene rings is 1. The Hall–Kier alpha value is -1.26. The predicted octanol–water partition coefficient (Wildman–Crippen LogP) is 2.68. The van der Waals surface area contributed by atoms with Crippen molar-refractivity contribution in [2.75, 3.05) is 25.0 Å². The summed E-state index contributed by atoms with van der Waals surface area (Å²) in [7, 11) is 1.89. The van der Waals surface area contributed by atoms with Crippen LogP contribution in [0.3, 0.4) is 0 Å². The van der Waals surface area contributed by atoms with E-state index < -0.39 is 0 Å². The fourth-order valence-corrected chi connectivity index (χ4v) is 2.90. The van der Waals surface area contributed by atoms with E-state index in [9.17, 15) is 5.11 Å². The Bertz CT molecular complexity index is 474. The highest BCUT2D eigenvalue weighted by atomic mass is 16.5. The van der Waals surface area contributed by atoms with Gasteiger partial charge in [0.15, 0.2) is 0 Å². The number of phenolic OH excluding ortho intramolecular Hbond substituents is 1. The van der Waals surface area contributed by atoms with Crippen molar-refractivity contribution in [3.05, 3.63) is 23.8 Å². The molecule has 0 spiro atoms. The molecule has 1 aromatic rings. The van der Waals surface area contributed by atoms with E-state index in [1.54, 1.807) is 0 Å². The van der Waals surface area contributed by atoms with Crippen molar-refractivity contribution in [3.8, 4) is 5.75 Å². The van der Waals surface area contributed by atoms with Crippen LogP contribution in [0.1, 0.15) is 39.3 Å². The molecule has 0 aliphatic carbocycles. The maximum atomic E-state index is 10.2. The predicted molar refractivity (Wildman–Crippen MR) is 82.4 cm³/mol. The van der Waals surface area contributed by atoms with Gasteiger partial charge in [-0.15, -0.1) is 0 Å². The van der Waals surface area contributed by atoms with Crippen LogP contribution in [0.4, 0.5) is 5.69 Å². The zero-order valence-corrected chi connectivity index (χ0v) is 13.1. The topological polar surface area (TPSA) is 44.7 Å². The van der Waals surface area contributed by atoms with Gasteiger partial charge in [0.05, 0.1) is 11.7 Å². The number of ether oxygens (including phenoxy) is 1. The van der Waals surface area contributed by atoms with Crippen molar-refractivity contribution in [2.45, 2.75) is 45.4 Å². The van der Waals surface area contributed by atoms with E-state index >= 15 is 0 Å². The molecule has 20 heavy (non-hydrogen) atoms. The third kappa shape index (κ3) is 3.25. The quantitative estimate of drug-likeness (QED) is 0.892. The number of aromatic hydroxyl groups is 1. The van der Waals surface area contributed by atoms with E-state index in [0.717, 1.165) is 24.3 Å². The Morgan fingerprint density at radius 2 is 2.15 bits per heavy atom. The Kier molecular flexibility index (Phi) is 4.25.